The van der Waals surface area contributed by atoms with Crippen LogP contribution in [0.4, 0.5) is 0 Å². The number of amides is 3. The number of likely N-dealkylation sites (tertiary alicyclic amines) is 1. The van der Waals surface area contributed by atoms with Crippen molar-refractivity contribution in [3.63, 3.8) is 0 Å². The molecule has 1 fully saturated rings. The number of carbonyl (C=O) groups is 3. The minimum Gasteiger partial charge on any atom is -0.399 e. The van der Waals surface area contributed by atoms with Gasteiger partial charge in [-0.3, -0.25) is 19.3 Å². The third-order valence-electron chi connectivity index (χ3n) is 6.26. The van der Waals surface area contributed by atoms with Gasteiger partial charge in [-0.05, 0) is 35.4 Å². The molecular formula is C27H23N3O4. The second-order valence-electron chi connectivity index (χ2n) is 8.34. The highest BCUT2D eigenvalue weighted by Gasteiger charge is 2.41. The molecule has 0 aromatic heterocycles. The van der Waals surface area contributed by atoms with Crippen molar-refractivity contribution in [1.82, 2.24) is 9.80 Å². The fraction of sp³-hybridized carbons (Fsp3) is 0.185. The lowest BCUT2D eigenvalue weighted by Gasteiger charge is -2.27. The summed E-state index contributed by atoms with van der Waals surface area (Å²) in [6.07, 6.45) is 0.426. The summed E-state index contributed by atoms with van der Waals surface area (Å²) >= 11 is 0. The average Bonchev–Trinajstić information content (AvgIpc) is 3.39. The molecule has 1 atom stereocenters. The molecule has 0 unspecified atom stereocenters. The van der Waals surface area contributed by atoms with E-state index in [0.717, 1.165) is 11.1 Å². The Kier molecular flexibility index (Phi) is 5.67. The van der Waals surface area contributed by atoms with Gasteiger partial charge in [0.2, 0.25) is 0 Å². The Morgan fingerprint density at radius 1 is 0.882 bits per heavy atom. The van der Waals surface area contributed by atoms with Crippen molar-refractivity contribution in [3.05, 3.63) is 95.6 Å². The zero-order chi connectivity index (χ0) is 23.7. The molecule has 3 aromatic rings. The first-order valence-electron chi connectivity index (χ1n) is 11.1. The lowest BCUT2D eigenvalue weighted by atomic mass is 10.0. The van der Waals surface area contributed by atoms with E-state index in [-0.39, 0.29) is 30.8 Å². The summed E-state index contributed by atoms with van der Waals surface area (Å²) in [6, 6.07) is 23.8. The van der Waals surface area contributed by atoms with Crippen LogP contribution in [0.15, 0.2) is 84.0 Å². The summed E-state index contributed by atoms with van der Waals surface area (Å²) in [5.74, 6) is -0.850. The van der Waals surface area contributed by atoms with Crippen LogP contribution in [0.2, 0.25) is 0 Å². The number of hydrogen-bond donors (Lipinski definition) is 0. The number of hydrogen-bond acceptors (Lipinski definition) is 5. The molecule has 2 heterocycles. The first-order valence-corrected chi connectivity index (χ1v) is 11.1. The molecule has 0 spiro atoms. The zero-order valence-corrected chi connectivity index (χ0v) is 18.7. The van der Waals surface area contributed by atoms with Crippen LogP contribution < -0.4 is 0 Å². The summed E-state index contributed by atoms with van der Waals surface area (Å²) in [7, 11) is 1.46. The second-order valence-corrected chi connectivity index (χ2v) is 8.34. The summed E-state index contributed by atoms with van der Waals surface area (Å²) in [5.41, 5.74) is 4.10. The van der Waals surface area contributed by atoms with Gasteiger partial charge in [-0.15, -0.1) is 0 Å². The van der Waals surface area contributed by atoms with Crippen LogP contribution in [-0.2, 0) is 4.84 Å². The van der Waals surface area contributed by atoms with Crippen molar-refractivity contribution in [2.75, 3.05) is 20.2 Å². The van der Waals surface area contributed by atoms with Gasteiger partial charge in [-0.25, -0.2) is 0 Å². The van der Waals surface area contributed by atoms with Gasteiger partial charge in [-0.2, -0.15) is 0 Å². The maximum atomic E-state index is 13.5. The van der Waals surface area contributed by atoms with Crippen LogP contribution in [-0.4, -0.2) is 59.5 Å². The standard InChI is InChI=1S/C27H23N3O4/c1-34-28-21-15-22(17-30-26(32)23-9-5-6-10-24(23)27(30)33)29(16-21)25(31)20-13-11-19(12-14-20)18-7-3-2-4-8-18/h2-14,22H,15-17H2,1H3/b28-21+/t22-/m0/s1. The maximum Gasteiger partial charge on any atom is 0.261 e. The third kappa shape index (κ3) is 3.85. The molecule has 7 heteroatoms. The quantitative estimate of drug-likeness (QED) is 0.434. The highest BCUT2D eigenvalue weighted by molar-refractivity contribution is 6.21. The van der Waals surface area contributed by atoms with Crippen LogP contribution in [0.25, 0.3) is 11.1 Å². The van der Waals surface area contributed by atoms with Crippen molar-refractivity contribution in [2.24, 2.45) is 5.16 Å². The SMILES string of the molecule is CO/N=C1\C[C@@H](CN2C(=O)c3ccccc3C2=O)N(C(=O)c2ccc(-c3ccccc3)cc2)C1. The van der Waals surface area contributed by atoms with Gasteiger partial charge in [0, 0.05) is 12.0 Å². The van der Waals surface area contributed by atoms with E-state index in [0.29, 0.717) is 28.8 Å². The molecular weight excluding hydrogens is 430 g/mol. The molecule has 3 amide bonds. The molecule has 5 rings (SSSR count). The van der Waals surface area contributed by atoms with Gasteiger partial charge < -0.3 is 9.74 Å². The van der Waals surface area contributed by atoms with Crippen LogP contribution in [0.3, 0.4) is 0 Å². The van der Waals surface area contributed by atoms with Crippen LogP contribution in [0.1, 0.15) is 37.5 Å². The van der Waals surface area contributed by atoms with Crippen LogP contribution in [0.5, 0.6) is 0 Å². The Labute approximate surface area is 197 Å². The first-order chi connectivity index (χ1) is 16.6. The van der Waals surface area contributed by atoms with Gasteiger partial charge in [0.15, 0.2) is 0 Å². The van der Waals surface area contributed by atoms with E-state index in [1.54, 1.807) is 41.3 Å². The Bertz CT molecular complexity index is 1250. The minimum absolute atomic E-state index is 0.100. The fourth-order valence-corrected chi connectivity index (χ4v) is 4.59. The number of imide groups is 1. The molecule has 0 aliphatic carbocycles. The van der Waals surface area contributed by atoms with Crippen LogP contribution >= 0.6 is 0 Å². The van der Waals surface area contributed by atoms with Crippen LogP contribution in [0, 0.1) is 0 Å². The molecule has 7 nitrogen and oxygen atoms in total. The predicted octanol–water partition coefficient (Wildman–Crippen LogP) is 3.87. The van der Waals surface area contributed by atoms with E-state index >= 15 is 0 Å². The van der Waals surface area contributed by atoms with Crippen molar-refractivity contribution in [2.45, 2.75) is 12.5 Å². The first kappa shape index (κ1) is 21.6. The second kappa shape index (κ2) is 8.94. The largest absolute Gasteiger partial charge is 0.399 e. The monoisotopic (exact) mass is 453 g/mol. The molecule has 3 aromatic carbocycles. The Hall–Kier alpha value is -4.26. The third-order valence-corrected chi connectivity index (χ3v) is 6.26. The van der Waals surface area contributed by atoms with Gasteiger partial charge in [0.25, 0.3) is 17.7 Å². The van der Waals surface area contributed by atoms with Gasteiger partial charge in [0.1, 0.15) is 7.11 Å². The molecule has 0 bridgehead atoms. The van der Waals surface area contributed by atoms with E-state index < -0.39 is 6.04 Å². The topological polar surface area (TPSA) is 79.3 Å². The highest BCUT2D eigenvalue weighted by Crippen LogP contribution is 2.27. The van der Waals surface area contributed by atoms with Crippen molar-refractivity contribution < 1.29 is 19.2 Å². The van der Waals surface area contributed by atoms with Crippen molar-refractivity contribution >= 4 is 23.4 Å². The number of rotatable bonds is 5. The van der Waals surface area contributed by atoms with Gasteiger partial charge >= 0.3 is 0 Å². The van der Waals surface area contributed by atoms with E-state index in [1.165, 1.54) is 12.0 Å². The predicted molar refractivity (Wildman–Crippen MR) is 128 cm³/mol. The zero-order valence-electron chi connectivity index (χ0n) is 18.7. The highest BCUT2D eigenvalue weighted by atomic mass is 16.6. The van der Waals surface area contributed by atoms with E-state index in [9.17, 15) is 14.4 Å². The number of oxime groups is 1. The molecule has 2 aliphatic rings. The summed E-state index contributed by atoms with van der Waals surface area (Å²) in [4.78, 5) is 47.0. The lowest BCUT2D eigenvalue weighted by molar-refractivity contribution is 0.0562. The van der Waals surface area contributed by atoms with Gasteiger partial charge in [-0.1, -0.05) is 59.8 Å². The molecule has 0 radical (unpaired) electrons. The summed E-state index contributed by atoms with van der Waals surface area (Å²) in [5, 5.41) is 4.04. The average molecular weight is 453 g/mol. The fourth-order valence-electron chi connectivity index (χ4n) is 4.59. The Morgan fingerprint density at radius 3 is 2.09 bits per heavy atom. The van der Waals surface area contributed by atoms with Crippen molar-refractivity contribution in [1.29, 1.82) is 0 Å². The normalized spacial score (nSPS) is 18.5. The Balaban J connectivity index is 1.38. The Morgan fingerprint density at radius 2 is 1.47 bits per heavy atom. The van der Waals surface area contributed by atoms with Gasteiger partial charge in [0.05, 0.1) is 36.0 Å². The number of benzene rings is 3. The molecule has 0 saturated carbocycles. The minimum atomic E-state index is -0.391. The number of fused-ring (bicyclic) bond motifs is 1. The van der Waals surface area contributed by atoms with E-state index in [4.69, 9.17) is 4.84 Å². The van der Waals surface area contributed by atoms with E-state index in [1.807, 2.05) is 42.5 Å². The molecule has 170 valence electrons. The lowest BCUT2D eigenvalue weighted by Crippen LogP contribution is -2.45. The smallest absolute Gasteiger partial charge is 0.261 e. The van der Waals surface area contributed by atoms with Crippen molar-refractivity contribution in [3.8, 4) is 11.1 Å². The maximum absolute atomic E-state index is 13.5. The number of carbonyl (C=O) groups excluding carboxylic acids is 3. The molecule has 0 N–H and O–H groups in total. The molecule has 1 saturated heterocycles. The number of nitrogens with zero attached hydrogens (tertiary/aromatic N) is 3. The van der Waals surface area contributed by atoms with E-state index in [2.05, 4.69) is 5.16 Å². The molecule has 2 aliphatic heterocycles. The summed E-state index contributed by atoms with van der Waals surface area (Å²) < 4.78 is 0. The molecule has 34 heavy (non-hydrogen) atoms. The summed E-state index contributed by atoms with van der Waals surface area (Å²) in [6.45, 7) is 0.379.